The standard InChI is InChI=1S/C22H27NO.C2H6/c1-16-7-11-19(12-8-16)21(20-13-9-17(2)10-14-20)23-15-18(3)24-22(4,5)6;1-2/h7-14H,3,15H2,1-2,4-6H3;1-2H3. The quantitative estimate of drug-likeness (QED) is 0.445. The fraction of sp³-hybridized carbons (Fsp3) is 0.375. The van der Waals surface area contributed by atoms with Gasteiger partial charge in [-0.2, -0.15) is 0 Å². The van der Waals surface area contributed by atoms with Crippen molar-refractivity contribution < 1.29 is 4.74 Å². The maximum atomic E-state index is 5.80. The molecule has 0 fully saturated rings. The van der Waals surface area contributed by atoms with Gasteiger partial charge in [-0.1, -0.05) is 80.1 Å². The Bertz CT molecular complexity index is 669. The van der Waals surface area contributed by atoms with E-state index in [1.54, 1.807) is 0 Å². The first kappa shape index (κ1) is 21.7. The van der Waals surface area contributed by atoms with E-state index in [1.807, 2.05) is 34.6 Å². The summed E-state index contributed by atoms with van der Waals surface area (Å²) in [5, 5.41) is 0. The van der Waals surface area contributed by atoms with Crippen molar-refractivity contribution in [2.24, 2.45) is 4.99 Å². The molecule has 2 rings (SSSR count). The van der Waals surface area contributed by atoms with Crippen LogP contribution in [0.4, 0.5) is 0 Å². The molecule has 0 heterocycles. The summed E-state index contributed by atoms with van der Waals surface area (Å²) in [6, 6.07) is 16.9. The molecule has 0 spiro atoms. The van der Waals surface area contributed by atoms with Gasteiger partial charge in [0.25, 0.3) is 0 Å². The Morgan fingerprint density at radius 1 is 0.846 bits per heavy atom. The molecule has 2 nitrogen and oxygen atoms in total. The summed E-state index contributed by atoms with van der Waals surface area (Å²) in [7, 11) is 0. The smallest absolute Gasteiger partial charge is 0.111 e. The van der Waals surface area contributed by atoms with Crippen molar-refractivity contribution >= 4 is 5.71 Å². The number of rotatable bonds is 5. The maximum Gasteiger partial charge on any atom is 0.111 e. The van der Waals surface area contributed by atoms with E-state index in [1.165, 1.54) is 11.1 Å². The minimum absolute atomic E-state index is 0.250. The zero-order valence-corrected chi connectivity index (χ0v) is 17.4. The molecular weight excluding hydrogens is 318 g/mol. The van der Waals surface area contributed by atoms with Crippen LogP contribution in [0, 0.1) is 13.8 Å². The van der Waals surface area contributed by atoms with E-state index in [-0.39, 0.29) is 5.60 Å². The van der Waals surface area contributed by atoms with Crippen LogP contribution in [0.3, 0.4) is 0 Å². The Kier molecular flexibility index (Phi) is 8.31. The van der Waals surface area contributed by atoms with Crippen LogP contribution in [-0.2, 0) is 4.74 Å². The highest BCUT2D eigenvalue weighted by Crippen LogP contribution is 2.16. The molecule has 0 radical (unpaired) electrons. The second kappa shape index (κ2) is 9.96. The zero-order valence-electron chi connectivity index (χ0n) is 17.4. The Balaban J connectivity index is 0.00000163. The minimum atomic E-state index is -0.250. The molecule has 0 saturated carbocycles. The molecule has 2 aromatic rings. The lowest BCUT2D eigenvalue weighted by Crippen LogP contribution is -2.19. The predicted molar refractivity (Wildman–Crippen MR) is 114 cm³/mol. The minimum Gasteiger partial charge on any atom is -0.491 e. The van der Waals surface area contributed by atoms with Crippen molar-refractivity contribution in [1.29, 1.82) is 0 Å². The number of ether oxygens (including phenoxy) is 1. The monoisotopic (exact) mass is 351 g/mol. The van der Waals surface area contributed by atoms with Gasteiger partial charge in [0.15, 0.2) is 0 Å². The van der Waals surface area contributed by atoms with Gasteiger partial charge in [0.05, 0.1) is 12.3 Å². The Labute approximate surface area is 159 Å². The first-order chi connectivity index (χ1) is 12.2. The van der Waals surface area contributed by atoms with Crippen LogP contribution in [-0.4, -0.2) is 17.9 Å². The van der Waals surface area contributed by atoms with E-state index >= 15 is 0 Å². The third kappa shape index (κ3) is 7.26. The van der Waals surface area contributed by atoms with Crippen molar-refractivity contribution in [1.82, 2.24) is 0 Å². The molecular formula is C24H33NO. The van der Waals surface area contributed by atoms with Gasteiger partial charge in [-0.3, -0.25) is 4.99 Å². The van der Waals surface area contributed by atoms with Crippen LogP contribution in [0.2, 0.25) is 0 Å². The number of hydrogen-bond acceptors (Lipinski definition) is 2. The largest absolute Gasteiger partial charge is 0.491 e. The molecule has 0 atom stereocenters. The van der Waals surface area contributed by atoms with Crippen LogP contribution in [0.25, 0.3) is 0 Å². The normalized spacial score (nSPS) is 10.4. The van der Waals surface area contributed by atoms with Crippen LogP contribution in [0.1, 0.15) is 56.9 Å². The van der Waals surface area contributed by atoms with Crippen molar-refractivity contribution in [3.8, 4) is 0 Å². The summed E-state index contributed by atoms with van der Waals surface area (Å²) in [6.07, 6.45) is 0. The lowest BCUT2D eigenvalue weighted by Gasteiger charge is -2.22. The molecule has 0 bridgehead atoms. The molecule has 0 aromatic heterocycles. The van der Waals surface area contributed by atoms with E-state index in [9.17, 15) is 0 Å². The van der Waals surface area contributed by atoms with E-state index in [2.05, 4.69) is 69.0 Å². The molecule has 0 saturated heterocycles. The summed E-state index contributed by atoms with van der Waals surface area (Å²) < 4.78 is 5.80. The Morgan fingerprint density at radius 3 is 1.58 bits per heavy atom. The molecule has 0 aliphatic carbocycles. The summed E-state index contributed by atoms with van der Waals surface area (Å²) in [6.45, 7) is 18.7. The average molecular weight is 352 g/mol. The molecule has 0 N–H and O–H groups in total. The molecule has 0 aliphatic heterocycles. The van der Waals surface area contributed by atoms with Gasteiger partial charge in [0.2, 0.25) is 0 Å². The van der Waals surface area contributed by atoms with Crippen molar-refractivity contribution in [3.63, 3.8) is 0 Å². The fourth-order valence-corrected chi connectivity index (χ4v) is 2.40. The predicted octanol–water partition coefficient (Wildman–Crippen LogP) is 6.50. The SMILES string of the molecule is C=C(CN=C(c1ccc(C)cc1)c1ccc(C)cc1)OC(C)(C)C.CC. The zero-order chi connectivity index (χ0) is 19.7. The average Bonchev–Trinajstić information content (AvgIpc) is 2.58. The van der Waals surface area contributed by atoms with Gasteiger partial charge in [-0.05, 0) is 34.6 Å². The van der Waals surface area contributed by atoms with Gasteiger partial charge >= 0.3 is 0 Å². The molecule has 2 heteroatoms. The number of benzene rings is 2. The van der Waals surface area contributed by atoms with E-state index in [0.29, 0.717) is 12.3 Å². The second-order valence-corrected chi connectivity index (χ2v) is 7.15. The van der Waals surface area contributed by atoms with Crippen molar-refractivity contribution in [2.45, 2.75) is 54.1 Å². The number of nitrogens with zero attached hydrogens (tertiary/aromatic N) is 1. The fourth-order valence-electron chi connectivity index (χ4n) is 2.40. The van der Waals surface area contributed by atoms with Crippen molar-refractivity contribution in [3.05, 3.63) is 83.1 Å². The highest BCUT2D eigenvalue weighted by Gasteiger charge is 2.13. The molecule has 140 valence electrons. The summed E-state index contributed by atoms with van der Waals surface area (Å²) in [5.41, 5.74) is 5.40. The lowest BCUT2D eigenvalue weighted by molar-refractivity contribution is 0.0521. The van der Waals surface area contributed by atoms with E-state index in [4.69, 9.17) is 9.73 Å². The first-order valence-corrected chi connectivity index (χ1v) is 9.30. The second-order valence-electron chi connectivity index (χ2n) is 7.15. The van der Waals surface area contributed by atoms with Crippen LogP contribution in [0.5, 0.6) is 0 Å². The lowest BCUT2D eigenvalue weighted by atomic mass is 10.0. The Morgan fingerprint density at radius 2 is 1.23 bits per heavy atom. The van der Waals surface area contributed by atoms with Crippen LogP contribution >= 0.6 is 0 Å². The molecule has 0 amide bonds. The third-order valence-corrected chi connectivity index (χ3v) is 3.51. The van der Waals surface area contributed by atoms with E-state index < -0.39 is 0 Å². The summed E-state index contributed by atoms with van der Waals surface area (Å²) in [5.74, 6) is 0.680. The molecule has 2 aromatic carbocycles. The van der Waals surface area contributed by atoms with Gasteiger partial charge in [0.1, 0.15) is 11.4 Å². The van der Waals surface area contributed by atoms with E-state index in [0.717, 1.165) is 16.8 Å². The number of hydrogen-bond donors (Lipinski definition) is 0. The molecule has 0 unspecified atom stereocenters. The van der Waals surface area contributed by atoms with Crippen LogP contribution in [0.15, 0.2) is 65.9 Å². The van der Waals surface area contributed by atoms with Gasteiger partial charge < -0.3 is 4.74 Å². The molecule has 26 heavy (non-hydrogen) atoms. The van der Waals surface area contributed by atoms with Gasteiger partial charge in [-0.25, -0.2) is 0 Å². The number of aryl methyl sites for hydroxylation is 2. The van der Waals surface area contributed by atoms with Gasteiger partial charge in [-0.15, -0.1) is 0 Å². The summed E-state index contributed by atoms with van der Waals surface area (Å²) >= 11 is 0. The topological polar surface area (TPSA) is 21.6 Å². The highest BCUT2D eigenvalue weighted by molar-refractivity contribution is 6.13. The molecule has 0 aliphatic rings. The first-order valence-electron chi connectivity index (χ1n) is 9.30. The van der Waals surface area contributed by atoms with Gasteiger partial charge in [0, 0.05) is 11.1 Å². The third-order valence-electron chi connectivity index (χ3n) is 3.51. The van der Waals surface area contributed by atoms with Crippen molar-refractivity contribution in [2.75, 3.05) is 6.54 Å². The summed E-state index contributed by atoms with van der Waals surface area (Å²) in [4.78, 5) is 4.80. The Hall–Kier alpha value is -2.35. The van der Waals surface area contributed by atoms with Crippen LogP contribution < -0.4 is 0 Å². The highest BCUT2D eigenvalue weighted by atomic mass is 16.5. The maximum absolute atomic E-state index is 5.80. The number of aliphatic imine (C=N–C) groups is 1.